The van der Waals surface area contributed by atoms with Gasteiger partial charge in [-0.3, -0.25) is 4.84 Å². The smallest absolute Gasteiger partial charge is 0.220 e. The molecule has 1 heterocycles. The van der Waals surface area contributed by atoms with Gasteiger partial charge in [0.25, 0.3) is 0 Å². The van der Waals surface area contributed by atoms with Crippen LogP contribution in [0.1, 0.15) is 19.3 Å². The Morgan fingerprint density at radius 3 is 2.68 bits per heavy atom. The van der Waals surface area contributed by atoms with Crippen molar-refractivity contribution >= 4 is 11.6 Å². The van der Waals surface area contributed by atoms with E-state index in [0.717, 1.165) is 18.8 Å². The molecular formula is C16H26N4O2. The molecule has 0 aliphatic carbocycles. The minimum Gasteiger partial charge on any atom is -0.389 e. The number of guanidine groups is 1. The summed E-state index contributed by atoms with van der Waals surface area (Å²) >= 11 is 0. The lowest BCUT2D eigenvalue weighted by molar-refractivity contribution is -0.116. The Morgan fingerprint density at radius 2 is 2.00 bits per heavy atom. The van der Waals surface area contributed by atoms with E-state index in [1.54, 1.807) is 7.05 Å². The Labute approximate surface area is 132 Å². The number of aliphatic hydroxyl groups excluding tert-OH is 1. The van der Waals surface area contributed by atoms with Gasteiger partial charge in [0.2, 0.25) is 5.96 Å². The molecule has 0 radical (unpaired) electrons. The third kappa shape index (κ3) is 5.63. The van der Waals surface area contributed by atoms with Crippen LogP contribution in [0.25, 0.3) is 0 Å². The average Bonchev–Trinajstić information content (AvgIpc) is 2.54. The highest BCUT2D eigenvalue weighted by Gasteiger charge is 2.15. The van der Waals surface area contributed by atoms with Crippen LogP contribution in [0, 0.1) is 0 Å². The van der Waals surface area contributed by atoms with Crippen LogP contribution in [0.2, 0.25) is 0 Å². The van der Waals surface area contributed by atoms with Gasteiger partial charge < -0.3 is 15.7 Å². The highest BCUT2D eigenvalue weighted by atomic mass is 16.7. The quantitative estimate of drug-likeness (QED) is 0.471. The predicted octanol–water partition coefficient (Wildman–Crippen LogP) is 1.34. The van der Waals surface area contributed by atoms with Crippen molar-refractivity contribution in [2.45, 2.75) is 25.4 Å². The number of β-amino-alcohol motifs (C(OH)–C–C–N with tert-alkyl or cyclic N) is 1. The number of piperidine rings is 1. The van der Waals surface area contributed by atoms with Crippen LogP contribution in [0.3, 0.4) is 0 Å². The second kappa shape index (κ2) is 8.73. The summed E-state index contributed by atoms with van der Waals surface area (Å²) in [5.74, 6) is 0.261. The first-order valence-corrected chi connectivity index (χ1v) is 7.81. The number of hydrogen-bond donors (Lipinski definition) is 2. The van der Waals surface area contributed by atoms with Crippen molar-refractivity contribution in [3.63, 3.8) is 0 Å². The van der Waals surface area contributed by atoms with Crippen molar-refractivity contribution in [3.05, 3.63) is 30.3 Å². The van der Waals surface area contributed by atoms with Crippen LogP contribution in [-0.2, 0) is 4.84 Å². The molecule has 1 atom stereocenters. The molecule has 122 valence electrons. The monoisotopic (exact) mass is 306 g/mol. The summed E-state index contributed by atoms with van der Waals surface area (Å²) in [6.45, 7) is 2.97. The summed E-state index contributed by atoms with van der Waals surface area (Å²) < 4.78 is 0. The number of benzene rings is 1. The number of aliphatic imine (C=N–C) groups is 1. The molecular weight excluding hydrogens is 280 g/mol. The predicted molar refractivity (Wildman–Crippen MR) is 87.7 cm³/mol. The van der Waals surface area contributed by atoms with Gasteiger partial charge in [0.05, 0.1) is 11.8 Å². The molecule has 1 unspecified atom stereocenters. The summed E-state index contributed by atoms with van der Waals surface area (Å²) in [4.78, 5) is 12.0. The molecule has 1 saturated heterocycles. The molecule has 22 heavy (non-hydrogen) atoms. The average molecular weight is 306 g/mol. The molecule has 1 aliphatic rings. The maximum atomic E-state index is 10.0. The second-order valence-corrected chi connectivity index (χ2v) is 5.61. The normalized spacial score (nSPS) is 18.2. The maximum Gasteiger partial charge on any atom is 0.220 e. The van der Waals surface area contributed by atoms with Crippen LogP contribution < -0.4 is 5.73 Å². The van der Waals surface area contributed by atoms with E-state index in [2.05, 4.69) is 9.89 Å². The number of nitrogens with zero attached hydrogens (tertiary/aromatic N) is 3. The second-order valence-electron chi connectivity index (χ2n) is 5.61. The Hall–Kier alpha value is -1.63. The van der Waals surface area contributed by atoms with Crippen molar-refractivity contribution in [1.29, 1.82) is 0 Å². The Balaban J connectivity index is 1.74. The zero-order valence-electron chi connectivity index (χ0n) is 13.2. The van der Waals surface area contributed by atoms with E-state index in [4.69, 9.17) is 10.6 Å². The largest absolute Gasteiger partial charge is 0.389 e. The number of rotatable bonds is 6. The topological polar surface area (TPSA) is 74.3 Å². The number of para-hydroxylation sites is 1. The maximum absolute atomic E-state index is 10.0. The molecule has 1 aliphatic heterocycles. The Morgan fingerprint density at radius 1 is 1.32 bits per heavy atom. The van der Waals surface area contributed by atoms with E-state index < -0.39 is 6.10 Å². The summed E-state index contributed by atoms with van der Waals surface area (Å²) in [5.41, 5.74) is 6.65. The summed E-state index contributed by atoms with van der Waals surface area (Å²) in [7, 11) is 1.69. The van der Waals surface area contributed by atoms with Crippen LogP contribution in [-0.4, -0.2) is 60.4 Å². The van der Waals surface area contributed by atoms with Crippen molar-refractivity contribution < 1.29 is 9.94 Å². The fourth-order valence-corrected chi connectivity index (χ4v) is 2.46. The molecule has 1 fully saturated rings. The Kier molecular flexibility index (Phi) is 6.64. The zero-order chi connectivity index (χ0) is 15.8. The molecule has 1 aromatic carbocycles. The molecule has 0 spiro atoms. The van der Waals surface area contributed by atoms with Crippen LogP contribution >= 0.6 is 0 Å². The summed E-state index contributed by atoms with van der Waals surface area (Å²) in [5, 5.41) is 11.4. The molecule has 0 amide bonds. The van der Waals surface area contributed by atoms with Gasteiger partial charge in [-0.15, -0.1) is 0 Å². The number of hydrogen-bond acceptors (Lipinski definition) is 4. The van der Waals surface area contributed by atoms with Gasteiger partial charge in [0.15, 0.2) is 0 Å². The van der Waals surface area contributed by atoms with Gasteiger partial charge in [-0.1, -0.05) is 24.6 Å². The first-order chi connectivity index (χ1) is 10.6. The molecule has 6 heteroatoms. The fraction of sp³-hybridized carbons (Fsp3) is 0.562. The van der Waals surface area contributed by atoms with Crippen LogP contribution in [0.4, 0.5) is 5.69 Å². The van der Waals surface area contributed by atoms with Gasteiger partial charge in [0.1, 0.15) is 6.61 Å². The van der Waals surface area contributed by atoms with Gasteiger partial charge in [-0.05, 0) is 38.1 Å². The van der Waals surface area contributed by atoms with Crippen LogP contribution in [0.5, 0.6) is 0 Å². The molecule has 1 aromatic rings. The van der Waals surface area contributed by atoms with E-state index in [0.29, 0.717) is 6.54 Å². The number of likely N-dealkylation sites (tertiary alicyclic amines) is 1. The molecule has 2 rings (SSSR count). The van der Waals surface area contributed by atoms with Crippen molar-refractivity contribution in [1.82, 2.24) is 9.96 Å². The summed E-state index contributed by atoms with van der Waals surface area (Å²) in [6, 6.07) is 9.45. The van der Waals surface area contributed by atoms with E-state index in [1.807, 2.05) is 30.3 Å². The third-order valence-corrected chi connectivity index (χ3v) is 3.70. The number of aliphatic hydroxyl groups is 1. The first-order valence-electron chi connectivity index (χ1n) is 7.81. The van der Waals surface area contributed by atoms with E-state index >= 15 is 0 Å². The Bertz CT molecular complexity index is 460. The highest BCUT2D eigenvalue weighted by Crippen LogP contribution is 2.11. The molecule has 6 nitrogen and oxygen atoms in total. The van der Waals surface area contributed by atoms with Gasteiger partial charge in [-0.2, -0.15) is 0 Å². The zero-order valence-corrected chi connectivity index (χ0v) is 13.2. The minimum absolute atomic E-state index is 0.206. The number of nitrogens with two attached hydrogens (primary N) is 1. The number of hydroxylamine groups is 2. The standard InChI is InChI=1S/C16H26N4O2/c1-19(16(17)18-14-8-4-2-5-9-14)22-13-15(21)12-20-10-6-3-7-11-20/h2,4-5,8-9,15,21H,3,6-7,10-13H2,1H3,(H2,17,18). The molecule has 0 saturated carbocycles. The lowest BCUT2D eigenvalue weighted by Crippen LogP contribution is -2.41. The van der Waals surface area contributed by atoms with Gasteiger partial charge in [-0.25, -0.2) is 10.1 Å². The van der Waals surface area contributed by atoms with E-state index in [-0.39, 0.29) is 12.6 Å². The van der Waals surface area contributed by atoms with Crippen molar-refractivity contribution in [3.8, 4) is 0 Å². The highest BCUT2D eigenvalue weighted by molar-refractivity contribution is 5.79. The van der Waals surface area contributed by atoms with E-state index in [1.165, 1.54) is 24.3 Å². The lowest BCUT2D eigenvalue weighted by Gasteiger charge is -2.29. The van der Waals surface area contributed by atoms with E-state index in [9.17, 15) is 5.11 Å². The molecule has 3 N–H and O–H groups in total. The lowest BCUT2D eigenvalue weighted by atomic mass is 10.1. The fourth-order valence-electron chi connectivity index (χ4n) is 2.46. The SMILES string of the molecule is CN(OCC(O)CN1CCCCC1)C(N)=Nc1ccccc1. The summed E-state index contributed by atoms with van der Waals surface area (Å²) in [6.07, 6.45) is 3.19. The molecule has 0 bridgehead atoms. The third-order valence-electron chi connectivity index (χ3n) is 3.70. The van der Waals surface area contributed by atoms with Crippen molar-refractivity contribution in [2.75, 3.05) is 33.3 Å². The van der Waals surface area contributed by atoms with Gasteiger partial charge in [0, 0.05) is 13.6 Å². The minimum atomic E-state index is -0.523. The van der Waals surface area contributed by atoms with Gasteiger partial charge >= 0.3 is 0 Å². The van der Waals surface area contributed by atoms with Crippen molar-refractivity contribution in [2.24, 2.45) is 10.7 Å². The first kappa shape index (κ1) is 16.7. The van der Waals surface area contributed by atoms with Crippen LogP contribution in [0.15, 0.2) is 35.3 Å². The molecule has 0 aromatic heterocycles.